The predicted molar refractivity (Wildman–Crippen MR) is 124 cm³/mol. The van der Waals surface area contributed by atoms with Crippen molar-refractivity contribution in [3.05, 3.63) is 88.9 Å². The van der Waals surface area contributed by atoms with Crippen molar-refractivity contribution >= 4 is 33.2 Å². The number of amides is 1. The van der Waals surface area contributed by atoms with Crippen molar-refractivity contribution in [3.8, 4) is 5.75 Å². The van der Waals surface area contributed by atoms with Crippen molar-refractivity contribution in [2.24, 2.45) is 0 Å². The largest absolute Gasteiger partial charge is 0.494 e. The van der Waals surface area contributed by atoms with E-state index in [1.807, 2.05) is 31.2 Å². The van der Waals surface area contributed by atoms with Gasteiger partial charge in [-0.3, -0.25) is 4.79 Å². The van der Waals surface area contributed by atoms with Crippen LogP contribution in [0.4, 0.5) is 5.69 Å². The van der Waals surface area contributed by atoms with Gasteiger partial charge in [0.15, 0.2) is 0 Å². The van der Waals surface area contributed by atoms with E-state index in [0.29, 0.717) is 23.1 Å². The zero-order chi connectivity index (χ0) is 22.7. The first-order valence-electron chi connectivity index (χ1n) is 10.3. The van der Waals surface area contributed by atoms with Crippen LogP contribution in [0.25, 0.3) is 0 Å². The van der Waals surface area contributed by atoms with Gasteiger partial charge >= 0.3 is 0 Å². The molecule has 0 spiro atoms. The monoisotopic (exact) mass is 470 g/mol. The summed E-state index contributed by atoms with van der Waals surface area (Å²) in [7, 11) is -3.93. The van der Waals surface area contributed by atoms with Crippen LogP contribution in [0.1, 0.15) is 18.1 Å². The van der Waals surface area contributed by atoms with E-state index in [0.717, 1.165) is 11.1 Å². The third-order valence-corrected chi connectivity index (χ3v) is 7.48. The molecule has 8 heteroatoms. The average molecular weight is 471 g/mol. The molecule has 1 atom stereocenters. The molecule has 1 heterocycles. The molecule has 0 saturated carbocycles. The van der Waals surface area contributed by atoms with Gasteiger partial charge in [0.2, 0.25) is 15.9 Å². The zero-order valence-electron chi connectivity index (χ0n) is 17.5. The van der Waals surface area contributed by atoms with Gasteiger partial charge in [0.05, 0.1) is 11.5 Å². The molecule has 0 aromatic heterocycles. The van der Waals surface area contributed by atoms with E-state index >= 15 is 0 Å². The number of halogens is 1. The van der Waals surface area contributed by atoms with E-state index in [2.05, 4.69) is 5.32 Å². The second-order valence-electron chi connectivity index (χ2n) is 7.44. The highest BCUT2D eigenvalue weighted by molar-refractivity contribution is 7.89. The average Bonchev–Trinajstić information content (AvgIpc) is 2.80. The maximum Gasteiger partial charge on any atom is 0.244 e. The summed E-state index contributed by atoms with van der Waals surface area (Å²) in [5.41, 5.74) is 2.40. The van der Waals surface area contributed by atoms with Gasteiger partial charge in [-0.1, -0.05) is 35.9 Å². The number of rotatable bonds is 6. The third kappa shape index (κ3) is 4.65. The number of carbonyl (C=O) groups is 1. The molecule has 0 bridgehead atoms. The molecule has 3 aromatic carbocycles. The standard InChI is InChI=1S/C24H23ClN2O4S/c1-2-31-21-11-13-22(14-12-21)32(29,30)27-16-18-6-4-3-5-17(18)15-23(27)24(28)26-20-9-7-19(25)8-10-20/h3-14,23H,2,15-16H2,1H3,(H,26,28)/t23-/m0/s1. The van der Waals surface area contributed by atoms with Gasteiger partial charge in [-0.05, 0) is 73.0 Å². The van der Waals surface area contributed by atoms with Crippen molar-refractivity contribution in [3.63, 3.8) is 0 Å². The van der Waals surface area contributed by atoms with Gasteiger partial charge in [0.25, 0.3) is 0 Å². The predicted octanol–water partition coefficient (Wildman–Crippen LogP) is 4.49. The van der Waals surface area contributed by atoms with Gasteiger partial charge in [0.1, 0.15) is 11.8 Å². The molecule has 0 unspecified atom stereocenters. The van der Waals surface area contributed by atoms with E-state index in [1.165, 1.54) is 16.4 Å². The second kappa shape index (κ2) is 9.32. The lowest BCUT2D eigenvalue weighted by Gasteiger charge is -2.35. The summed E-state index contributed by atoms with van der Waals surface area (Å²) in [5.74, 6) is 0.198. The Labute approximate surface area is 192 Å². The van der Waals surface area contributed by atoms with Crippen LogP contribution in [0.2, 0.25) is 5.02 Å². The van der Waals surface area contributed by atoms with Crippen molar-refractivity contribution in [1.82, 2.24) is 4.31 Å². The lowest BCUT2D eigenvalue weighted by Crippen LogP contribution is -2.50. The fourth-order valence-corrected chi connectivity index (χ4v) is 5.43. The maximum absolute atomic E-state index is 13.6. The van der Waals surface area contributed by atoms with Crippen molar-refractivity contribution < 1.29 is 17.9 Å². The van der Waals surface area contributed by atoms with E-state index in [4.69, 9.17) is 16.3 Å². The molecule has 4 rings (SSSR count). The lowest BCUT2D eigenvalue weighted by atomic mass is 9.95. The number of nitrogens with zero attached hydrogens (tertiary/aromatic N) is 1. The smallest absolute Gasteiger partial charge is 0.244 e. The molecular weight excluding hydrogens is 448 g/mol. The summed E-state index contributed by atoms with van der Waals surface area (Å²) in [6.45, 7) is 2.46. The fraction of sp³-hybridized carbons (Fsp3) is 0.208. The summed E-state index contributed by atoms with van der Waals surface area (Å²) in [5, 5.41) is 3.38. The molecule has 1 aliphatic rings. The molecule has 166 valence electrons. The molecule has 32 heavy (non-hydrogen) atoms. The second-order valence-corrected chi connectivity index (χ2v) is 9.77. The zero-order valence-corrected chi connectivity index (χ0v) is 19.1. The van der Waals surface area contributed by atoms with Gasteiger partial charge in [-0.15, -0.1) is 0 Å². The minimum atomic E-state index is -3.93. The van der Waals surface area contributed by atoms with Crippen LogP contribution in [0, 0.1) is 0 Å². The van der Waals surface area contributed by atoms with Crippen LogP contribution < -0.4 is 10.1 Å². The molecule has 1 aliphatic heterocycles. The first-order valence-corrected chi connectivity index (χ1v) is 12.1. The number of hydrogen-bond acceptors (Lipinski definition) is 4. The number of anilines is 1. The summed E-state index contributed by atoms with van der Waals surface area (Å²) in [4.78, 5) is 13.3. The normalized spacial score (nSPS) is 16.2. The van der Waals surface area contributed by atoms with E-state index in [1.54, 1.807) is 36.4 Å². The van der Waals surface area contributed by atoms with Crippen LogP contribution >= 0.6 is 11.6 Å². The number of sulfonamides is 1. The Hall–Kier alpha value is -2.87. The van der Waals surface area contributed by atoms with E-state index in [9.17, 15) is 13.2 Å². The Morgan fingerprint density at radius 2 is 1.69 bits per heavy atom. The lowest BCUT2D eigenvalue weighted by molar-refractivity contribution is -0.120. The highest BCUT2D eigenvalue weighted by Gasteiger charge is 2.39. The Morgan fingerprint density at radius 3 is 2.34 bits per heavy atom. The summed E-state index contributed by atoms with van der Waals surface area (Å²) < 4.78 is 33.8. The number of nitrogens with one attached hydrogen (secondary N) is 1. The van der Waals surface area contributed by atoms with Gasteiger partial charge < -0.3 is 10.1 Å². The SMILES string of the molecule is CCOc1ccc(S(=O)(=O)N2Cc3ccccc3C[C@H]2C(=O)Nc2ccc(Cl)cc2)cc1. The third-order valence-electron chi connectivity index (χ3n) is 5.36. The minimum Gasteiger partial charge on any atom is -0.494 e. The molecule has 1 amide bonds. The number of benzene rings is 3. The first kappa shape index (κ1) is 22.3. The number of ether oxygens (including phenoxy) is 1. The molecular formula is C24H23ClN2O4S. The Balaban J connectivity index is 1.67. The van der Waals surface area contributed by atoms with Crippen molar-refractivity contribution in [2.45, 2.75) is 30.8 Å². The molecule has 1 N–H and O–H groups in total. The summed E-state index contributed by atoms with van der Waals surface area (Å²) in [6, 6.07) is 19.7. The quantitative estimate of drug-likeness (QED) is 0.575. The Kier molecular flexibility index (Phi) is 6.50. The topological polar surface area (TPSA) is 75.7 Å². The highest BCUT2D eigenvalue weighted by atomic mass is 35.5. The maximum atomic E-state index is 13.6. The fourth-order valence-electron chi connectivity index (χ4n) is 3.74. The highest BCUT2D eigenvalue weighted by Crippen LogP contribution is 2.30. The molecule has 0 fully saturated rings. The molecule has 0 aliphatic carbocycles. The number of hydrogen-bond donors (Lipinski definition) is 1. The summed E-state index contributed by atoms with van der Waals surface area (Å²) in [6.07, 6.45) is 0.284. The summed E-state index contributed by atoms with van der Waals surface area (Å²) >= 11 is 5.93. The van der Waals surface area contributed by atoms with Crippen LogP contribution in [-0.2, 0) is 27.8 Å². The van der Waals surface area contributed by atoms with Crippen LogP contribution in [-0.4, -0.2) is 31.3 Å². The van der Waals surface area contributed by atoms with Gasteiger partial charge in [-0.2, -0.15) is 4.31 Å². The Bertz CT molecular complexity index is 1210. The Morgan fingerprint density at radius 1 is 1.03 bits per heavy atom. The van der Waals surface area contributed by atoms with Crippen LogP contribution in [0.3, 0.4) is 0 Å². The van der Waals surface area contributed by atoms with Gasteiger partial charge in [-0.25, -0.2) is 8.42 Å². The molecule has 3 aromatic rings. The molecule has 0 radical (unpaired) electrons. The van der Waals surface area contributed by atoms with Crippen LogP contribution in [0.5, 0.6) is 5.75 Å². The number of carbonyl (C=O) groups excluding carboxylic acids is 1. The van der Waals surface area contributed by atoms with Crippen molar-refractivity contribution in [2.75, 3.05) is 11.9 Å². The van der Waals surface area contributed by atoms with E-state index < -0.39 is 22.0 Å². The molecule has 0 saturated heterocycles. The first-order chi connectivity index (χ1) is 15.4. The van der Waals surface area contributed by atoms with Crippen LogP contribution in [0.15, 0.2) is 77.7 Å². The van der Waals surface area contributed by atoms with Gasteiger partial charge in [0, 0.05) is 17.3 Å². The van der Waals surface area contributed by atoms with E-state index in [-0.39, 0.29) is 17.9 Å². The minimum absolute atomic E-state index is 0.115. The number of fused-ring (bicyclic) bond motifs is 1. The van der Waals surface area contributed by atoms with Crippen molar-refractivity contribution in [1.29, 1.82) is 0 Å². The molecule has 6 nitrogen and oxygen atoms in total.